The zero-order chi connectivity index (χ0) is 25.1. The standard InChI is InChI=1S/C20H26F3N5O4S2/c1-13-6-7-14(20(21,22)23)11-16(13)24-19-25-17(12-32-19)18(29)26-33-28-9-4-5-15(8-10-28)34(30,31)27(2)3/h6-7,11-12,15H,4-5,8-10H2,1-3H3,(H,24,25)(H,26,29). The Morgan fingerprint density at radius 2 is 2.00 bits per heavy atom. The molecule has 1 aromatic carbocycles. The van der Waals surface area contributed by atoms with Gasteiger partial charge in [0.2, 0.25) is 10.0 Å². The number of anilines is 2. The lowest BCUT2D eigenvalue weighted by Crippen LogP contribution is -2.34. The number of halogens is 3. The van der Waals surface area contributed by atoms with Crippen LogP contribution in [0.3, 0.4) is 0 Å². The molecule has 1 saturated heterocycles. The first-order valence-electron chi connectivity index (χ1n) is 10.4. The van der Waals surface area contributed by atoms with Crippen LogP contribution in [0.2, 0.25) is 0 Å². The minimum absolute atomic E-state index is 0.0532. The molecule has 1 aliphatic heterocycles. The largest absolute Gasteiger partial charge is 0.431 e. The number of hydrogen-bond donors (Lipinski definition) is 2. The third-order valence-electron chi connectivity index (χ3n) is 5.38. The second-order valence-corrected chi connectivity index (χ2v) is 11.4. The normalized spacial score (nSPS) is 18.0. The number of carbonyl (C=O) groups is 1. The fourth-order valence-electron chi connectivity index (χ4n) is 3.37. The molecule has 0 spiro atoms. The fourth-order valence-corrected chi connectivity index (χ4v) is 5.57. The van der Waals surface area contributed by atoms with Gasteiger partial charge in [0.25, 0.3) is 11.9 Å². The Hall–Kier alpha value is -2.29. The van der Waals surface area contributed by atoms with Gasteiger partial charge in [-0.15, -0.1) is 0 Å². The summed E-state index contributed by atoms with van der Waals surface area (Å²) in [7, 11) is -0.307. The molecule has 0 radical (unpaired) electrons. The Balaban J connectivity index is 1.56. The number of benzene rings is 1. The molecule has 2 N–H and O–H groups in total. The number of hydrogen-bond acceptors (Lipinski definition) is 8. The van der Waals surface area contributed by atoms with E-state index in [2.05, 4.69) is 15.0 Å². The Morgan fingerprint density at radius 3 is 2.68 bits per heavy atom. The number of rotatable bonds is 7. The lowest BCUT2D eigenvalue weighted by atomic mass is 10.1. The van der Waals surface area contributed by atoms with Gasteiger partial charge in [-0.2, -0.15) is 18.2 Å². The van der Waals surface area contributed by atoms with Gasteiger partial charge in [0.05, 0.1) is 10.8 Å². The van der Waals surface area contributed by atoms with Crippen LogP contribution < -0.4 is 10.0 Å². The summed E-state index contributed by atoms with van der Waals surface area (Å²) in [5.41, 5.74) is -0.171. The Labute approximate surface area is 200 Å². The zero-order valence-electron chi connectivity index (χ0n) is 18.8. The molecule has 2 heterocycles. The van der Waals surface area contributed by atoms with Crippen LogP contribution in [0.4, 0.5) is 24.9 Å². The van der Waals surface area contributed by atoms with Gasteiger partial charge in [-0.1, -0.05) is 6.07 Å². The highest BCUT2D eigenvalue weighted by atomic mass is 32.2. The second kappa shape index (κ2) is 10.5. The highest BCUT2D eigenvalue weighted by Crippen LogP contribution is 2.33. The fraction of sp³-hybridized carbons (Fsp3) is 0.500. The van der Waals surface area contributed by atoms with E-state index >= 15 is 0 Å². The molecule has 188 valence electrons. The minimum Gasteiger partial charge on any atom is -0.431 e. The molecule has 1 aliphatic rings. The molecule has 34 heavy (non-hydrogen) atoms. The van der Waals surface area contributed by atoms with Crippen LogP contribution in [0.1, 0.15) is 40.9 Å². The first-order chi connectivity index (χ1) is 15.9. The summed E-state index contributed by atoms with van der Waals surface area (Å²) in [6.07, 6.45) is -1.75. The number of alkyl halides is 3. The van der Waals surface area contributed by atoms with E-state index in [9.17, 15) is 26.4 Å². The second-order valence-electron chi connectivity index (χ2n) is 8.02. The van der Waals surface area contributed by atoms with Crippen LogP contribution in [0.5, 0.6) is 0 Å². The lowest BCUT2D eigenvalue weighted by Gasteiger charge is -2.20. The quantitative estimate of drug-likeness (QED) is 0.530. The Morgan fingerprint density at radius 1 is 1.26 bits per heavy atom. The van der Waals surface area contributed by atoms with Crippen LogP contribution in [-0.4, -0.2) is 60.4 Å². The van der Waals surface area contributed by atoms with Crippen LogP contribution >= 0.6 is 12.1 Å². The van der Waals surface area contributed by atoms with Crippen LogP contribution in [0, 0.1) is 6.92 Å². The molecule has 1 unspecified atom stereocenters. The molecule has 1 aromatic heterocycles. The number of nitrogens with one attached hydrogen (secondary N) is 2. The van der Waals surface area contributed by atoms with Crippen molar-refractivity contribution in [2.75, 3.05) is 32.5 Å². The van der Waals surface area contributed by atoms with Crippen molar-refractivity contribution < 1.29 is 30.8 Å². The van der Waals surface area contributed by atoms with Gasteiger partial charge in [-0.05, 0) is 43.9 Å². The van der Waals surface area contributed by atoms with Crippen molar-refractivity contribution in [2.45, 2.75) is 37.6 Å². The monoisotopic (exact) mass is 521 g/mol. The van der Waals surface area contributed by atoms with Gasteiger partial charge in [0, 0.05) is 45.0 Å². The number of oxazole rings is 1. The smallest absolute Gasteiger partial charge is 0.416 e. The predicted octanol–water partition coefficient (Wildman–Crippen LogP) is 3.78. The van der Waals surface area contributed by atoms with Crippen molar-refractivity contribution >= 4 is 39.8 Å². The number of aromatic nitrogens is 1. The summed E-state index contributed by atoms with van der Waals surface area (Å²) in [6.45, 7) is 2.71. The maximum absolute atomic E-state index is 13.0. The van der Waals surface area contributed by atoms with Crippen LogP contribution in [0.15, 0.2) is 28.9 Å². The van der Waals surface area contributed by atoms with Gasteiger partial charge >= 0.3 is 6.18 Å². The van der Waals surface area contributed by atoms with E-state index in [4.69, 9.17) is 4.42 Å². The van der Waals surface area contributed by atoms with Gasteiger partial charge in [0.1, 0.15) is 6.26 Å². The zero-order valence-corrected chi connectivity index (χ0v) is 20.5. The van der Waals surface area contributed by atoms with Gasteiger partial charge in [0.15, 0.2) is 5.69 Å². The molecular weight excluding hydrogens is 495 g/mol. The van der Waals surface area contributed by atoms with Gasteiger partial charge < -0.3 is 9.73 Å². The number of carbonyl (C=O) groups excluding carboxylic acids is 1. The number of amides is 1. The average molecular weight is 522 g/mol. The van der Waals surface area contributed by atoms with E-state index < -0.39 is 32.9 Å². The first-order valence-corrected chi connectivity index (χ1v) is 12.7. The summed E-state index contributed by atoms with van der Waals surface area (Å²) in [5.74, 6) is -0.552. The summed E-state index contributed by atoms with van der Waals surface area (Å²) < 4.78 is 74.6. The molecule has 1 amide bonds. The molecule has 3 rings (SSSR count). The minimum atomic E-state index is -4.49. The van der Waals surface area contributed by atoms with E-state index in [1.54, 1.807) is 6.92 Å². The maximum Gasteiger partial charge on any atom is 0.416 e. The van der Waals surface area contributed by atoms with Crippen molar-refractivity contribution in [1.82, 2.24) is 18.3 Å². The Kier molecular flexibility index (Phi) is 8.16. The topological polar surface area (TPSA) is 108 Å². The van der Waals surface area contributed by atoms with E-state index in [1.165, 1.54) is 24.5 Å². The third kappa shape index (κ3) is 6.43. The van der Waals surface area contributed by atoms with Crippen molar-refractivity contribution in [3.63, 3.8) is 0 Å². The average Bonchev–Trinajstić information content (AvgIpc) is 3.08. The van der Waals surface area contributed by atoms with Crippen molar-refractivity contribution in [2.24, 2.45) is 0 Å². The molecular formula is C20H26F3N5O4S2. The molecule has 9 nitrogen and oxygen atoms in total. The predicted molar refractivity (Wildman–Crippen MR) is 123 cm³/mol. The van der Waals surface area contributed by atoms with E-state index in [0.717, 1.165) is 30.5 Å². The van der Waals surface area contributed by atoms with Crippen LogP contribution in [-0.2, 0) is 16.2 Å². The first kappa shape index (κ1) is 26.3. The molecule has 0 saturated carbocycles. The summed E-state index contributed by atoms with van der Waals surface area (Å²) in [6, 6.07) is 3.13. The van der Waals surface area contributed by atoms with E-state index in [0.29, 0.717) is 37.9 Å². The molecule has 0 bridgehead atoms. The maximum atomic E-state index is 13.0. The van der Waals surface area contributed by atoms with Crippen molar-refractivity contribution in [1.29, 1.82) is 0 Å². The van der Waals surface area contributed by atoms with Crippen LogP contribution in [0.25, 0.3) is 0 Å². The highest BCUT2D eigenvalue weighted by molar-refractivity contribution is 7.95. The summed E-state index contributed by atoms with van der Waals surface area (Å²) >= 11 is 1.05. The van der Waals surface area contributed by atoms with Gasteiger partial charge in [-0.3, -0.25) is 9.52 Å². The Bertz CT molecular complexity index is 1120. The lowest BCUT2D eigenvalue weighted by molar-refractivity contribution is -0.137. The van der Waals surface area contributed by atoms with E-state index in [1.807, 2.05) is 4.31 Å². The number of sulfonamides is 1. The van der Waals surface area contributed by atoms with Gasteiger partial charge in [-0.25, -0.2) is 17.0 Å². The molecule has 14 heteroatoms. The molecule has 1 atom stereocenters. The van der Waals surface area contributed by atoms with Crippen molar-refractivity contribution in [3.05, 3.63) is 41.3 Å². The molecule has 1 fully saturated rings. The molecule has 0 aliphatic carbocycles. The third-order valence-corrected chi connectivity index (χ3v) is 8.61. The molecule has 2 aromatic rings. The summed E-state index contributed by atoms with van der Waals surface area (Å²) in [4.78, 5) is 16.4. The number of nitrogens with zero attached hydrogens (tertiary/aromatic N) is 3. The SMILES string of the molecule is Cc1ccc(C(F)(F)F)cc1Nc1nc(C(=O)NSN2CCCC(S(=O)(=O)N(C)C)CC2)co1. The number of aryl methyl sites for hydroxylation is 1. The van der Waals surface area contributed by atoms with E-state index in [-0.39, 0.29) is 17.4 Å². The summed E-state index contributed by atoms with van der Waals surface area (Å²) in [5, 5.41) is 2.20. The highest BCUT2D eigenvalue weighted by Gasteiger charge is 2.31. The van der Waals surface area contributed by atoms with Crippen molar-refractivity contribution in [3.8, 4) is 0 Å².